The molecular formula is C33H32Cl3F4N5O3. The third kappa shape index (κ3) is 8.52. The molecule has 5 rings (SSSR count). The van der Waals surface area contributed by atoms with Crippen molar-refractivity contribution in [3.8, 4) is 0 Å². The molecule has 2 saturated heterocycles. The summed E-state index contributed by atoms with van der Waals surface area (Å²) in [6, 6.07) is 16.5. The van der Waals surface area contributed by atoms with Crippen LogP contribution in [0.5, 0.6) is 0 Å². The molecule has 48 heavy (non-hydrogen) atoms. The minimum absolute atomic E-state index is 0.166. The number of piperazine rings is 1. The van der Waals surface area contributed by atoms with Gasteiger partial charge in [-0.1, -0.05) is 46.9 Å². The lowest BCUT2D eigenvalue weighted by Crippen LogP contribution is -2.49. The first-order valence-electron chi connectivity index (χ1n) is 15.2. The summed E-state index contributed by atoms with van der Waals surface area (Å²) in [7, 11) is 0. The van der Waals surface area contributed by atoms with E-state index in [4.69, 9.17) is 34.8 Å². The number of nitrogens with zero attached hydrogens (tertiary/aromatic N) is 3. The summed E-state index contributed by atoms with van der Waals surface area (Å²) in [5, 5.41) is 7.13. The van der Waals surface area contributed by atoms with Gasteiger partial charge in [-0.15, -0.1) is 0 Å². The molecule has 3 aromatic carbocycles. The largest absolute Gasteiger partial charge is 0.366 e. The van der Waals surface area contributed by atoms with Gasteiger partial charge in [-0.3, -0.25) is 19.3 Å². The number of anilines is 2. The summed E-state index contributed by atoms with van der Waals surface area (Å²) in [6.45, 7) is -0.793. The standard InChI is InChI=1S/C33H32Cl3F4N5O3/c34-24-3-1-2-22(16-24)31(48)42-27-17-23(30(47)41-10-8-21-4-6-25(35)18-26(21)36)5-7-28(27)44-12-14-45(15-13-44)29(46)9-11-43-19-32(37,38)33(39,40)20-43/h1-7,16-18H,8-15,19-20H2,(H,41,47)(H,42,48). The molecule has 0 aromatic heterocycles. The Morgan fingerprint density at radius 2 is 1.44 bits per heavy atom. The van der Waals surface area contributed by atoms with Gasteiger partial charge in [0, 0.05) is 71.9 Å². The number of carbonyl (C=O) groups excluding carboxylic acids is 3. The average Bonchev–Trinajstić information content (AvgIpc) is 3.26. The Hall–Kier alpha value is -3.58. The summed E-state index contributed by atoms with van der Waals surface area (Å²) in [5.41, 5.74) is 2.41. The van der Waals surface area contributed by atoms with E-state index < -0.39 is 30.8 Å². The van der Waals surface area contributed by atoms with Gasteiger partial charge >= 0.3 is 11.8 Å². The minimum Gasteiger partial charge on any atom is -0.366 e. The zero-order chi connectivity index (χ0) is 34.6. The van der Waals surface area contributed by atoms with Gasteiger partial charge in [0.25, 0.3) is 11.8 Å². The van der Waals surface area contributed by atoms with Gasteiger partial charge < -0.3 is 20.4 Å². The number of likely N-dealkylation sites (tertiary alicyclic amines) is 1. The lowest BCUT2D eigenvalue weighted by atomic mass is 10.1. The second kappa shape index (κ2) is 14.9. The highest BCUT2D eigenvalue weighted by atomic mass is 35.5. The molecule has 0 saturated carbocycles. The molecule has 0 bridgehead atoms. The molecule has 8 nitrogen and oxygen atoms in total. The van der Waals surface area contributed by atoms with Crippen LogP contribution in [0.1, 0.15) is 32.7 Å². The minimum atomic E-state index is -4.12. The smallest absolute Gasteiger partial charge is 0.323 e. The fourth-order valence-corrected chi connectivity index (χ4v) is 6.32. The van der Waals surface area contributed by atoms with Crippen molar-refractivity contribution in [3.63, 3.8) is 0 Å². The molecule has 2 aliphatic rings. The van der Waals surface area contributed by atoms with Crippen molar-refractivity contribution in [2.24, 2.45) is 0 Å². The zero-order valence-corrected chi connectivity index (χ0v) is 27.8. The van der Waals surface area contributed by atoms with Crippen LogP contribution in [0.3, 0.4) is 0 Å². The highest BCUT2D eigenvalue weighted by Gasteiger charge is 2.62. The monoisotopic (exact) mass is 727 g/mol. The highest BCUT2D eigenvalue weighted by Crippen LogP contribution is 2.41. The van der Waals surface area contributed by atoms with Crippen LogP contribution in [0.15, 0.2) is 60.7 Å². The maximum absolute atomic E-state index is 13.5. The Morgan fingerprint density at radius 3 is 2.10 bits per heavy atom. The summed E-state index contributed by atoms with van der Waals surface area (Å²) in [6.07, 6.45) is 0.305. The van der Waals surface area contributed by atoms with E-state index >= 15 is 0 Å². The molecule has 256 valence electrons. The molecule has 15 heteroatoms. The second-order valence-electron chi connectivity index (χ2n) is 11.7. The van der Waals surface area contributed by atoms with Crippen molar-refractivity contribution in [2.75, 3.05) is 62.6 Å². The van der Waals surface area contributed by atoms with Crippen molar-refractivity contribution in [1.82, 2.24) is 15.1 Å². The predicted molar refractivity (Wildman–Crippen MR) is 178 cm³/mol. The Labute approximate surface area is 289 Å². The van der Waals surface area contributed by atoms with E-state index in [1.54, 1.807) is 59.5 Å². The number of rotatable bonds is 10. The van der Waals surface area contributed by atoms with E-state index in [0.717, 1.165) is 10.5 Å². The van der Waals surface area contributed by atoms with E-state index in [2.05, 4.69) is 10.6 Å². The van der Waals surface area contributed by atoms with Gasteiger partial charge in [-0.05, 0) is 60.5 Å². The van der Waals surface area contributed by atoms with E-state index in [-0.39, 0.29) is 37.9 Å². The normalized spacial score (nSPS) is 17.3. The Kier molecular flexibility index (Phi) is 11.1. The molecule has 2 N–H and O–H groups in total. The topological polar surface area (TPSA) is 85.0 Å². The second-order valence-corrected chi connectivity index (χ2v) is 13.0. The van der Waals surface area contributed by atoms with Gasteiger partial charge in [0.1, 0.15) is 0 Å². The number of benzene rings is 3. The van der Waals surface area contributed by atoms with E-state index in [0.29, 0.717) is 63.6 Å². The van der Waals surface area contributed by atoms with Gasteiger partial charge in [-0.25, -0.2) is 0 Å². The van der Waals surface area contributed by atoms with E-state index in [9.17, 15) is 31.9 Å². The Bertz CT molecular complexity index is 1670. The number of nitrogens with one attached hydrogen (secondary N) is 2. The Morgan fingerprint density at radius 1 is 0.771 bits per heavy atom. The molecule has 0 aliphatic carbocycles. The van der Waals surface area contributed by atoms with Crippen LogP contribution in [0.4, 0.5) is 28.9 Å². The fraction of sp³-hybridized carbons (Fsp3) is 0.364. The van der Waals surface area contributed by atoms with Crippen molar-refractivity contribution in [1.29, 1.82) is 0 Å². The molecule has 2 heterocycles. The molecule has 0 spiro atoms. The summed E-state index contributed by atoms with van der Waals surface area (Å²) in [5.74, 6) is -9.38. The number of hydrogen-bond acceptors (Lipinski definition) is 5. The average molecular weight is 729 g/mol. The molecule has 2 aliphatic heterocycles. The van der Waals surface area contributed by atoms with Crippen LogP contribution in [0, 0.1) is 0 Å². The van der Waals surface area contributed by atoms with Crippen LogP contribution < -0.4 is 15.5 Å². The zero-order valence-electron chi connectivity index (χ0n) is 25.6. The van der Waals surface area contributed by atoms with Crippen molar-refractivity contribution >= 4 is 63.9 Å². The first-order chi connectivity index (χ1) is 22.7. The first-order valence-corrected chi connectivity index (χ1v) is 16.3. The van der Waals surface area contributed by atoms with E-state index in [1.165, 1.54) is 6.07 Å². The molecule has 0 atom stereocenters. The van der Waals surface area contributed by atoms with Gasteiger partial charge in [-0.2, -0.15) is 17.6 Å². The van der Waals surface area contributed by atoms with Crippen LogP contribution >= 0.6 is 34.8 Å². The summed E-state index contributed by atoms with van der Waals surface area (Å²) in [4.78, 5) is 43.6. The highest BCUT2D eigenvalue weighted by molar-refractivity contribution is 6.35. The maximum atomic E-state index is 13.5. The summed E-state index contributed by atoms with van der Waals surface area (Å²) >= 11 is 18.3. The van der Waals surface area contributed by atoms with E-state index in [1.807, 2.05) is 4.90 Å². The number of amides is 3. The Balaban J connectivity index is 1.24. The van der Waals surface area contributed by atoms with Gasteiger partial charge in [0.2, 0.25) is 5.91 Å². The quantitative estimate of drug-likeness (QED) is 0.233. The lowest BCUT2D eigenvalue weighted by Gasteiger charge is -2.37. The van der Waals surface area contributed by atoms with Crippen molar-refractivity contribution in [3.05, 3.63) is 92.4 Å². The van der Waals surface area contributed by atoms with Crippen molar-refractivity contribution < 1.29 is 31.9 Å². The lowest BCUT2D eigenvalue weighted by molar-refractivity contribution is -0.172. The number of alkyl halides is 4. The van der Waals surface area contributed by atoms with Gasteiger partial charge in [0.05, 0.1) is 24.5 Å². The molecule has 0 radical (unpaired) electrons. The third-order valence-electron chi connectivity index (χ3n) is 8.28. The SMILES string of the molecule is O=C(NCCc1ccc(Cl)cc1Cl)c1ccc(N2CCN(C(=O)CCN3CC(F)(F)C(F)(F)C3)CC2)c(NC(=O)c2cccc(Cl)c2)c1. The van der Waals surface area contributed by atoms with Crippen molar-refractivity contribution in [2.45, 2.75) is 24.7 Å². The number of halogens is 7. The third-order valence-corrected chi connectivity index (χ3v) is 9.11. The van der Waals surface area contributed by atoms with Crippen LogP contribution in [-0.2, 0) is 11.2 Å². The van der Waals surface area contributed by atoms with Crippen LogP contribution in [-0.4, -0.2) is 91.7 Å². The molecule has 0 unspecified atom stereocenters. The number of hydrogen-bond donors (Lipinski definition) is 2. The molecule has 2 fully saturated rings. The van der Waals surface area contributed by atoms with Crippen LogP contribution in [0.25, 0.3) is 0 Å². The summed E-state index contributed by atoms with van der Waals surface area (Å²) < 4.78 is 54.2. The predicted octanol–water partition coefficient (Wildman–Crippen LogP) is 6.50. The van der Waals surface area contributed by atoms with Crippen LogP contribution in [0.2, 0.25) is 15.1 Å². The fourth-order valence-electron chi connectivity index (χ4n) is 5.63. The number of carbonyl (C=O) groups is 3. The molecule has 3 amide bonds. The molecular weight excluding hydrogens is 697 g/mol. The van der Waals surface area contributed by atoms with Gasteiger partial charge in [0.15, 0.2) is 0 Å². The first kappa shape index (κ1) is 35.7. The molecule has 3 aromatic rings. The maximum Gasteiger partial charge on any atom is 0.323 e.